The summed E-state index contributed by atoms with van der Waals surface area (Å²) in [6.07, 6.45) is 23.0. The van der Waals surface area contributed by atoms with E-state index in [-0.39, 0.29) is 23.1 Å². The van der Waals surface area contributed by atoms with Crippen LogP contribution in [0.15, 0.2) is 0 Å². The Balaban J connectivity index is 0.000000173. The van der Waals surface area contributed by atoms with Crippen LogP contribution in [0.3, 0.4) is 0 Å². The summed E-state index contributed by atoms with van der Waals surface area (Å²) >= 11 is 0. The van der Waals surface area contributed by atoms with Crippen LogP contribution in [0.25, 0.3) is 0 Å². The SMILES string of the molecule is O=C([O-])NCCCCCCC(=O)OC12CC3CC(CC(C3)C1)C2.[NH3+]CCCCCCC(=O)OC12CC3CC(CC(C3)C1)C2. The zero-order chi connectivity index (χ0) is 30.3. The lowest BCUT2D eigenvalue weighted by Crippen LogP contribution is -2.52. The van der Waals surface area contributed by atoms with Gasteiger partial charge in [0.25, 0.3) is 0 Å². The number of nitrogens with one attached hydrogen (secondary N) is 1. The summed E-state index contributed by atoms with van der Waals surface area (Å²) in [4.78, 5) is 34.5. The predicted molar refractivity (Wildman–Crippen MR) is 161 cm³/mol. The smallest absolute Gasteiger partial charge is 0.306 e. The van der Waals surface area contributed by atoms with Gasteiger partial charge < -0.3 is 30.4 Å². The molecule has 8 heteroatoms. The molecule has 0 aromatic heterocycles. The third kappa shape index (κ3) is 9.34. The Labute approximate surface area is 259 Å². The lowest BCUT2D eigenvalue weighted by molar-refractivity contribution is -0.368. The Morgan fingerprint density at radius 1 is 0.581 bits per heavy atom. The molecule has 0 saturated heterocycles. The minimum Gasteiger partial charge on any atom is -0.530 e. The third-order valence-electron chi connectivity index (χ3n) is 11.6. The van der Waals surface area contributed by atoms with Crippen molar-refractivity contribution in [1.29, 1.82) is 0 Å². The molecule has 0 aromatic carbocycles. The van der Waals surface area contributed by atoms with Gasteiger partial charge in [0.05, 0.1) is 6.54 Å². The number of carbonyl (C=O) groups is 3. The predicted octanol–water partition coefficient (Wildman–Crippen LogP) is 5.07. The first kappa shape index (κ1) is 32.6. The van der Waals surface area contributed by atoms with E-state index in [1.165, 1.54) is 51.4 Å². The van der Waals surface area contributed by atoms with E-state index in [1.54, 1.807) is 0 Å². The van der Waals surface area contributed by atoms with Crippen LogP contribution in [-0.4, -0.2) is 42.3 Å². The topological polar surface area (TPSA) is 132 Å². The van der Waals surface area contributed by atoms with Crippen molar-refractivity contribution in [1.82, 2.24) is 5.32 Å². The minimum absolute atomic E-state index is 0.0280. The number of quaternary nitrogens is 1. The fourth-order valence-electron chi connectivity index (χ4n) is 10.6. The number of hydrogen-bond donors (Lipinski definition) is 2. The third-order valence-corrected chi connectivity index (χ3v) is 11.6. The maximum atomic E-state index is 12.2. The van der Waals surface area contributed by atoms with Gasteiger partial charge in [-0.3, -0.25) is 9.59 Å². The second kappa shape index (κ2) is 15.0. The lowest BCUT2D eigenvalue weighted by atomic mass is 9.54. The maximum absolute atomic E-state index is 12.2. The van der Waals surface area contributed by atoms with Crippen LogP contribution in [0, 0.1) is 35.5 Å². The summed E-state index contributed by atoms with van der Waals surface area (Å²) in [5, 5.41) is 12.4. The van der Waals surface area contributed by atoms with E-state index in [4.69, 9.17) is 9.47 Å². The Kier molecular flexibility index (Phi) is 11.3. The first-order valence-electron chi connectivity index (χ1n) is 17.9. The fourth-order valence-corrected chi connectivity index (χ4v) is 10.6. The molecule has 0 atom stereocenters. The van der Waals surface area contributed by atoms with Gasteiger partial charge in [0, 0.05) is 19.4 Å². The van der Waals surface area contributed by atoms with Crippen molar-refractivity contribution in [3.05, 3.63) is 0 Å². The van der Waals surface area contributed by atoms with Crippen LogP contribution in [0.1, 0.15) is 141 Å². The molecular formula is C35H58N2O6. The zero-order valence-electron chi connectivity index (χ0n) is 26.6. The number of hydrogen-bond acceptors (Lipinski definition) is 6. The van der Waals surface area contributed by atoms with Crippen LogP contribution in [0.2, 0.25) is 0 Å². The largest absolute Gasteiger partial charge is 0.530 e. The number of amides is 1. The van der Waals surface area contributed by atoms with E-state index in [1.807, 2.05) is 0 Å². The highest BCUT2D eigenvalue weighted by Gasteiger charge is 2.54. The molecule has 8 fully saturated rings. The van der Waals surface area contributed by atoms with E-state index in [2.05, 4.69) is 11.1 Å². The van der Waals surface area contributed by atoms with E-state index in [9.17, 15) is 19.5 Å². The Hall–Kier alpha value is -1.83. The highest BCUT2D eigenvalue weighted by atomic mass is 16.6. The average molecular weight is 603 g/mol. The summed E-state index contributed by atoms with van der Waals surface area (Å²) in [5.41, 5.74) is 3.69. The minimum atomic E-state index is -1.22. The van der Waals surface area contributed by atoms with E-state index < -0.39 is 6.09 Å². The van der Waals surface area contributed by atoms with Crippen LogP contribution >= 0.6 is 0 Å². The van der Waals surface area contributed by atoms with Crippen molar-refractivity contribution < 1.29 is 34.7 Å². The van der Waals surface area contributed by atoms with E-state index in [0.717, 1.165) is 119 Å². The molecule has 0 unspecified atom stereocenters. The zero-order valence-corrected chi connectivity index (χ0v) is 26.6. The molecule has 8 saturated carbocycles. The molecular weight excluding hydrogens is 544 g/mol. The monoisotopic (exact) mass is 602 g/mol. The highest BCUT2D eigenvalue weighted by Crippen LogP contribution is 2.58. The average Bonchev–Trinajstić information content (AvgIpc) is 2.90. The Bertz CT molecular complexity index is 880. The molecule has 4 N–H and O–H groups in total. The summed E-state index contributed by atoms with van der Waals surface area (Å²) in [6.45, 7) is 1.44. The van der Waals surface area contributed by atoms with Crippen molar-refractivity contribution in [2.45, 2.75) is 152 Å². The lowest BCUT2D eigenvalue weighted by Gasteiger charge is -2.55. The van der Waals surface area contributed by atoms with Crippen LogP contribution in [0.5, 0.6) is 0 Å². The van der Waals surface area contributed by atoms with Gasteiger partial charge in [0.2, 0.25) is 0 Å². The molecule has 0 aromatic rings. The van der Waals surface area contributed by atoms with Crippen molar-refractivity contribution >= 4 is 18.0 Å². The summed E-state index contributed by atoms with van der Waals surface area (Å²) in [6, 6.07) is 0. The quantitative estimate of drug-likeness (QED) is 0.199. The number of rotatable bonds is 15. The molecule has 244 valence electrons. The van der Waals surface area contributed by atoms with Crippen molar-refractivity contribution in [3.63, 3.8) is 0 Å². The van der Waals surface area contributed by atoms with Crippen molar-refractivity contribution in [2.24, 2.45) is 35.5 Å². The Morgan fingerprint density at radius 3 is 1.28 bits per heavy atom. The molecule has 43 heavy (non-hydrogen) atoms. The summed E-state index contributed by atoms with van der Waals surface area (Å²) in [5.74, 6) is 4.99. The standard InChI is InChI=1S/C18H29NO4.C17H29NO2/c20-16(5-3-1-2-4-6-19-17(21)22)23-18-10-13-7-14(11-18)9-15(8-13)12-18;18-6-4-2-1-3-5-16(19)20-17-10-13-7-14(11-17)9-15(8-13)12-17/h13-15,19H,1-12H2,(H,21,22);13-15H,1-12,18H2. The highest BCUT2D eigenvalue weighted by molar-refractivity contribution is 5.70. The van der Waals surface area contributed by atoms with Gasteiger partial charge in [-0.05, 0) is 145 Å². The number of carboxylic acid groups (broad SMARTS) is 1. The van der Waals surface area contributed by atoms with Gasteiger partial charge in [-0.25, -0.2) is 0 Å². The second-order valence-electron chi connectivity index (χ2n) is 15.5. The number of esters is 2. The van der Waals surface area contributed by atoms with E-state index >= 15 is 0 Å². The molecule has 8 aliphatic rings. The van der Waals surface area contributed by atoms with Crippen LogP contribution in [-0.2, 0) is 19.1 Å². The molecule has 8 rings (SSSR count). The van der Waals surface area contributed by atoms with Crippen molar-refractivity contribution in [2.75, 3.05) is 13.1 Å². The second-order valence-corrected chi connectivity index (χ2v) is 15.5. The van der Waals surface area contributed by atoms with Gasteiger partial charge in [0.15, 0.2) is 0 Å². The summed E-state index contributed by atoms with van der Waals surface area (Å²) < 4.78 is 12.0. The summed E-state index contributed by atoms with van der Waals surface area (Å²) in [7, 11) is 0. The molecule has 0 spiro atoms. The molecule has 8 bridgehead atoms. The molecule has 1 amide bonds. The van der Waals surface area contributed by atoms with Gasteiger partial charge >= 0.3 is 11.9 Å². The molecule has 8 nitrogen and oxygen atoms in total. The molecule has 0 aliphatic heterocycles. The molecule has 0 heterocycles. The van der Waals surface area contributed by atoms with Crippen LogP contribution in [0.4, 0.5) is 4.79 Å². The van der Waals surface area contributed by atoms with Gasteiger partial charge in [-0.15, -0.1) is 0 Å². The van der Waals surface area contributed by atoms with Gasteiger partial charge in [-0.1, -0.05) is 19.3 Å². The van der Waals surface area contributed by atoms with Crippen molar-refractivity contribution in [3.8, 4) is 0 Å². The number of ether oxygens (including phenoxy) is 2. The first-order chi connectivity index (χ1) is 20.7. The normalized spacial score (nSPS) is 36.1. The molecule has 8 aliphatic carbocycles. The number of carbonyl (C=O) groups excluding carboxylic acids is 3. The van der Waals surface area contributed by atoms with E-state index in [0.29, 0.717) is 19.4 Å². The fraction of sp³-hybridized carbons (Fsp3) is 0.914. The maximum Gasteiger partial charge on any atom is 0.306 e. The van der Waals surface area contributed by atoms with Gasteiger partial charge in [-0.2, -0.15) is 0 Å². The molecule has 0 radical (unpaired) electrons. The number of unbranched alkanes of at least 4 members (excludes halogenated alkanes) is 6. The van der Waals surface area contributed by atoms with Crippen LogP contribution < -0.4 is 16.2 Å². The van der Waals surface area contributed by atoms with Gasteiger partial charge in [0.1, 0.15) is 17.3 Å². The first-order valence-corrected chi connectivity index (χ1v) is 17.9. The Morgan fingerprint density at radius 2 is 0.930 bits per heavy atom.